The average molecular weight is 330 g/mol. The van der Waals surface area contributed by atoms with Crippen molar-refractivity contribution in [3.05, 3.63) is 23.8 Å². The van der Waals surface area contributed by atoms with E-state index in [2.05, 4.69) is 15.3 Å². The Hall–Kier alpha value is -1.98. The van der Waals surface area contributed by atoms with Crippen LogP contribution in [-0.4, -0.2) is 45.8 Å². The van der Waals surface area contributed by atoms with Gasteiger partial charge < -0.3 is 10.2 Å². The standard InChI is InChI=1S/C18H26N4O2/c1-13(23)22-10-4-5-14(12-22)11-16-17(20-9-8-19-16)18(24)21-15-6-2-3-7-15/h8-9,14-15H,2-7,10-12H2,1H3,(H,21,24)/t14-/m1/s1. The maximum Gasteiger partial charge on any atom is 0.271 e. The van der Waals surface area contributed by atoms with Crippen molar-refractivity contribution in [1.82, 2.24) is 20.2 Å². The molecule has 1 aliphatic heterocycles. The van der Waals surface area contributed by atoms with Crippen LogP contribution in [0.15, 0.2) is 12.4 Å². The summed E-state index contributed by atoms with van der Waals surface area (Å²) in [5.74, 6) is 0.361. The largest absolute Gasteiger partial charge is 0.348 e. The molecule has 130 valence electrons. The smallest absolute Gasteiger partial charge is 0.271 e. The molecule has 0 unspecified atom stereocenters. The molecule has 6 nitrogen and oxygen atoms in total. The van der Waals surface area contributed by atoms with Crippen molar-refractivity contribution < 1.29 is 9.59 Å². The summed E-state index contributed by atoms with van der Waals surface area (Å²) in [4.78, 5) is 34.7. The van der Waals surface area contributed by atoms with Crippen molar-refractivity contribution in [1.29, 1.82) is 0 Å². The normalized spacial score (nSPS) is 21.7. The number of rotatable bonds is 4. The van der Waals surface area contributed by atoms with Crippen LogP contribution in [0.4, 0.5) is 0 Å². The van der Waals surface area contributed by atoms with E-state index in [1.54, 1.807) is 19.3 Å². The van der Waals surface area contributed by atoms with Gasteiger partial charge in [0.15, 0.2) is 0 Å². The van der Waals surface area contributed by atoms with E-state index >= 15 is 0 Å². The van der Waals surface area contributed by atoms with Gasteiger partial charge in [0.05, 0.1) is 5.69 Å². The molecule has 0 bridgehead atoms. The Morgan fingerprint density at radius 1 is 1.17 bits per heavy atom. The van der Waals surface area contributed by atoms with Gasteiger partial charge in [0.25, 0.3) is 5.91 Å². The minimum atomic E-state index is -0.107. The zero-order valence-corrected chi connectivity index (χ0v) is 14.3. The third-order valence-electron chi connectivity index (χ3n) is 5.13. The fourth-order valence-corrected chi connectivity index (χ4v) is 3.82. The molecule has 3 rings (SSSR count). The SMILES string of the molecule is CC(=O)N1CCC[C@H](Cc2nccnc2C(=O)NC2CCCC2)C1. The van der Waals surface area contributed by atoms with E-state index < -0.39 is 0 Å². The maximum atomic E-state index is 12.6. The van der Waals surface area contributed by atoms with Gasteiger partial charge in [-0.3, -0.25) is 14.6 Å². The Balaban J connectivity index is 1.67. The molecule has 2 amide bonds. The number of nitrogens with zero attached hydrogens (tertiary/aromatic N) is 3. The molecule has 24 heavy (non-hydrogen) atoms. The highest BCUT2D eigenvalue weighted by molar-refractivity contribution is 5.93. The van der Waals surface area contributed by atoms with Crippen molar-refractivity contribution in [2.24, 2.45) is 5.92 Å². The molecule has 1 atom stereocenters. The number of amides is 2. The summed E-state index contributed by atoms with van der Waals surface area (Å²) in [6.45, 7) is 3.20. The van der Waals surface area contributed by atoms with Gasteiger partial charge in [-0.15, -0.1) is 0 Å². The van der Waals surface area contributed by atoms with Gasteiger partial charge in [0, 0.05) is 38.4 Å². The Labute approximate surface area is 143 Å². The lowest BCUT2D eigenvalue weighted by Crippen LogP contribution is -2.39. The number of carbonyl (C=O) groups is 2. The van der Waals surface area contributed by atoms with Crippen LogP contribution in [-0.2, 0) is 11.2 Å². The Morgan fingerprint density at radius 2 is 1.92 bits per heavy atom. The third kappa shape index (κ3) is 4.10. The molecule has 1 N–H and O–H groups in total. The molecule has 1 aromatic rings. The topological polar surface area (TPSA) is 75.2 Å². The Morgan fingerprint density at radius 3 is 2.67 bits per heavy atom. The summed E-state index contributed by atoms with van der Waals surface area (Å²) in [5, 5.41) is 3.09. The molecule has 0 spiro atoms. The lowest BCUT2D eigenvalue weighted by molar-refractivity contribution is -0.130. The highest BCUT2D eigenvalue weighted by Gasteiger charge is 2.25. The quantitative estimate of drug-likeness (QED) is 0.915. The van der Waals surface area contributed by atoms with Gasteiger partial charge in [0.1, 0.15) is 5.69 Å². The van der Waals surface area contributed by atoms with Crippen LogP contribution in [0.5, 0.6) is 0 Å². The molecule has 1 saturated carbocycles. The molecule has 1 aromatic heterocycles. The van der Waals surface area contributed by atoms with Gasteiger partial charge in [-0.1, -0.05) is 12.8 Å². The molecular formula is C18H26N4O2. The number of likely N-dealkylation sites (tertiary alicyclic amines) is 1. The maximum absolute atomic E-state index is 12.6. The van der Waals surface area contributed by atoms with Crippen LogP contribution in [0.3, 0.4) is 0 Å². The van der Waals surface area contributed by atoms with Gasteiger partial charge in [-0.2, -0.15) is 0 Å². The molecule has 0 radical (unpaired) electrons. The molecular weight excluding hydrogens is 304 g/mol. The third-order valence-corrected chi connectivity index (χ3v) is 5.13. The first-order valence-corrected chi connectivity index (χ1v) is 8.99. The molecule has 2 aliphatic rings. The second-order valence-corrected chi connectivity index (χ2v) is 6.98. The minimum absolute atomic E-state index is 0.107. The highest BCUT2D eigenvalue weighted by Crippen LogP contribution is 2.22. The number of piperidine rings is 1. The number of aromatic nitrogens is 2. The fourth-order valence-electron chi connectivity index (χ4n) is 3.82. The van der Waals surface area contributed by atoms with Gasteiger partial charge >= 0.3 is 0 Å². The second-order valence-electron chi connectivity index (χ2n) is 6.98. The van der Waals surface area contributed by atoms with Gasteiger partial charge in [-0.25, -0.2) is 4.98 Å². The number of hydrogen-bond donors (Lipinski definition) is 1. The Kier molecular flexibility index (Phi) is 5.43. The van der Waals surface area contributed by atoms with E-state index in [1.807, 2.05) is 4.90 Å². The van der Waals surface area contributed by atoms with Crippen LogP contribution >= 0.6 is 0 Å². The van der Waals surface area contributed by atoms with Crippen molar-refractivity contribution in [3.8, 4) is 0 Å². The zero-order chi connectivity index (χ0) is 16.9. The zero-order valence-electron chi connectivity index (χ0n) is 14.3. The first-order valence-electron chi connectivity index (χ1n) is 8.99. The first-order chi connectivity index (χ1) is 11.6. The average Bonchev–Trinajstić information content (AvgIpc) is 3.08. The van der Waals surface area contributed by atoms with Gasteiger partial charge in [0.2, 0.25) is 5.91 Å². The van der Waals surface area contributed by atoms with E-state index in [1.165, 1.54) is 12.8 Å². The lowest BCUT2D eigenvalue weighted by Gasteiger charge is -2.32. The lowest BCUT2D eigenvalue weighted by atomic mass is 9.92. The van der Waals surface area contributed by atoms with Crippen molar-refractivity contribution in [3.63, 3.8) is 0 Å². The van der Waals surface area contributed by atoms with Crippen molar-refractivity contribution in [2.75, 3.05) is 13.1 Å². The van der Waals surface area contributed by atoms with E-state index in [0.29, 0.717) is 18.0 Å². The number of nitrogens with one attached hydrogen (secondary N) is 1. The minimum Gasteiger partial charge on any atom is -0.348 e. The van der Waals surface area contributed by atoms with Crippen LogP contribution in [0, 0.1) is 5.92 Å². The van der Waals surface area contributed by atoms with Crippen LogP contribution in [0.25, 0.3) is 0 Å². The van der Waals surface area contributed by atoms with Crippen molar-refractivity contribution >= 4 is 11.8 Å². The van der Waals surface area contributed by atoms with Crippen LogP contribution in [0.1, 0.15) is 61.6 Å². The number of carbonyl (C=O) groups excluding carboxylic acids is 2. The summed E-state index contributed by atoms with van der Waals surface area (Å²) in [7, 11) is 0. The predicted octanol–water partition coefficient (Wildman–Crippen LogP) is 1.95. The summed E-state index contributed by atoms with van der Waals surface area (Å²) in [6, 6.07) is 0.273. The Bertz CT molecular complexity index is 598. The fraction of sp³-hybridized carbons (Fsp3) is 0.667. The molecule has 2 heterocycles. The summed E-state index contributed by atoms with van der Waals surface area (Å²) in [6.07, 6.45) is 10.5. The van der Waals surface area contributed by atoms with E-state index in [9.17, 15) is 9.59 Å². The van der Waals surface area contributed by atoms with E-state index in [-0.39, 0.29) is 17.9 Å². The van der Waals surface area contributed by atoms with Crippen molar-refractivity contribution in [2.45, 2.75) is 57.9 Å². The summed E-state index contributed by atoms with van der Waals surface area (Å²) >= 11 is 0. The molecule has 0 aromatic carbocycles. The highest BCUT2D eigenvalue weighted by atomic mass is 16.2. The van der Waals surface area contributed by atoms with Crippen LogP contribution < -0.4 is 5.32 Å². The molecule has 1 aliphatic carbocycles. The monoisotopic (exact) mass is 330 g/mol. The van der Waals surface area contributed by atoms with E-state index in [0.717, 1.165) is 44.5 Å². The van der Waals surface area contributed by atoms with Gasteiger partial charge in [-0.05, 0) is 38.0 Å². The summed E-state index contributed by atoms with van der Waals surface area (Å²) in [5.41, 5.74) is 1.20. The molecule has 6 heteroatoms. The predicted molar refractivity (Wildman–Crippen MR) is 90.4 cm³/mol. The molecule has 1 saturated heterocycles. The van der Waals surface area contributed by atoms with E-state index in [4.69, 9.17) is 0 Å². The molecule has 2 fully saturated rings. The first kappa shape index (κ1) is 16.9. The van der Waals surface area contributed by atoms with Crippen LogP contribution in [0.2, 0.25) is 0 Å². The number of hydrogen-bond acceptors (Lipinski definition) is 4. The summed E-state index contributed by atoms with van der Waals surface area (Å²) < 4.78 is 0. The second kappa shape index (κ2) is 7.73.